The molecule has 1 aliphatic heterocycles. The summed E-state index contributed by atoms with van der Waals surface area (Å²) in [5, 5.41) is 0. The van der Waals surface area contributed by atoms with Crippen LogP contribution in [0.1, 0.15) is 46.6 Å². The number of nitrogens with zero attached hydrogens (tertiary/aromatic N) is 2. The third-order valence-electron chi connectivity index (χ3n) is 4.60. The van der Waals surface area contributed by atoms with E-state index in [1.165, 1.54) is 11.1 Å². The number of benzene rings is 1. The van der Waals surface area contributed by atoms with Gasteiger partial charge in [-0.05, 0) is 51.8 Å². The van der Waals surface area contributed by atoms with E-state index in [1.54, 1.807) is 0 Å². The van der Waals surface area contributed by atoms with Crippen molar-refractivity contribution in [2.75, 3.05) is 19.6 Å². The van der Waals surface area contributed by atoms with Gasteiger partial charge in [-0.1, -0.05) is 37.3 Å². The molecule has 0 N–H and O–H groups in total. The number of rotatable bonds is 5. The Bertz CT molecular complexity index is 552. The first-order chi connectivity index (χ1) is 11.0. The van der Waals surface area contributed by atoms with Crippen LogP contribution in [0.2, 0.25) is 0 Å². The number of hydrogen-bond acceptors (Lipinski definition) is 2. The van der Waals surface area contributed by atoms with Gasteiger partial charge in [0.1, 0.15) is 0 Å². The molecule has 1 aliphatic rings. The Morgan fingerprint density at radius 3 is 2.26 bits per heavy atom. The highest BCUT2D eigenvalue weighted by Gasteiger charge is 2.29. The highest BCUT2D eigenvalue weighted by atomic mass is 16.2. The molecule has 0 spiro atoms. The van der Waals surface area contributed by atoms with E-state index in [0.717, 1.165) is 31.6 Å². The molecule has 0 aromatic heterocycles. The zero-order valence-electron chi connectivity index (χ0n) is 15.2. The van der Waals surface area contributed by atoms with E-state index in [0.29, 0.717) is 0 Å². The zero-order chi connectivity index (χ0) is 17.0. The summed E-state index contributed by atoms with van der Waals surface area (Å²) in [5.74, 6) is 0.201. The molecule has 3 nitrogen and oxygen atoms in total. The topological polar surface area (TPSA) is 23.6 Å². The van der Waals surface area contributed by atoms with Crippen LogP contribution in [0, 0.1) is 0 Å². The average molecular weight is 314 g/mol. The van der Waals surface area contributed by atoms with E-state index in [1.807, 2.05) is 11.0 Å². The van der Waals surface area contributed by atoms with Crippen LogP contribution in [0.3, 0.4) is 0 Å². The number of hydrogen-bond donors (Lipinski definition) is 0. The van der Waals surface area contributed by atoms with Crippen molar-refractivity contribution in [1.29, 1.82) is 0 Å². The molecule has 126 valence electrons. The Hall–Kier alpha value is -1.61. The normalized spacial score (nSPS) is 16.3. The zero-order valence-corrected chi connectivity index (χ0v) is 15.2. The molecule has 0 unspecified atom stereocenters. The molecule has 2 rings (SSSR count). The van der Waals surface area contributed by atoms with Crippen molar-refractivity contribution in [3.05, 3.63) is 41.5 Å². The maximum atomic E-state index is 13.3. The lowest BCUT2D eigenvalue weighted by atomic mass is 9.92. The van der Waals surface area contributed by atoms with Crippen LogP contribution in [-0.4, -0.2) is 47.4 Å². The highest BCUT2D eigenvalue weighted by Crippen LogP contribution is 2.29. The van der Waals surface area contributed by atoms with Gasteiger partial charge in [0.2, 0.25) is 0 Å². The summed E-state index contributed by atoms with van der Waals surface area (Å²) < 4.78 is 0. The van der Waals surface area contributed by atoms with Gasteiger partial charge in [-0.15, -0.1) is 0 Å². The second-order valence-electron chi connectivity index (χ2n) is 6.84. The van der Waals surface area contributed by atoms with E-state index in [-0.39, 0.29) is 18.0 Å². The summed E-state index contributed by atoms with van der Waals surface area (Å²) in [6.07, 6.45) is 0.947. The van der Waals surface area contributed by atoms with Gasteiger partial charge in [0.25, 0.3) is 5.91 Å². The van der Waals surface area contributed by atoms with Crippen LogP contribution < -0.4 is 0 Å². The van der Waals surface area contributed by atoms with Crippen molar-refractivity contribution in [2.24, 2.45) is 0 Å². The minimum absolute atomic E-state index is 0.201. The molecular weight excluding hydrogens is 284 g/mol. The summed E-state index contributed by atoms with van der Waals surface area (Å²) in [6.45, 7) is 13.3. The summed E-state index contributed by atoms with van der Waals surface area (Å²) >= 11 is 0. The van der Waals surface area contributed by atoms with Crippen molar-refractivity contribution in [2.45, 2.75) is 53.1 Å². The largest absolute Gasteiger partial charge is 0.334 e. The molecule has 23 heavy (non-hydrogen) atoms. The van der Waals surface area contributed by atoms with Gasteiger partial charge >= 0.3 is 0 Å². The lowest BCUT2D eigenvalue weighted by Crippen LogP contribution is -2.46. The molecular formula is C20H30N2O. The first-order valence-electron chi connectivity index (χ1n) is 8.78. The number of carbonyl (C=O) groups is 1. The molecule has 1 aromatic carbocycles. The smallest absolute Gasteiger partial charge is 0.251 e. The van der Waals surface area contributed by atoms with E-state index in [2.05, 4.69) is 63.8 Å². The molecule has 3 heteroatoms. The maximum Gasteiger partial charge on any atom is 0.251 e. The van der Waals surface area contributed by atoms with Crippen LogP contribution in [0.25, 0.3) is 5.57 Å². The monoisotopic (exact) mass is 314 g/mol. The molecule has 0 fully saturated rings. The molecule has 0 radical (unpaired) electrons. The SMILES string of the molecule is CCN1CCC(c2ccccc2)=C(C(=O)N(C(C)C)C(C)C)C1. The van der Waals surface area contributed by atoms with Crippen molar-refractivity contribution in [3.8, 4) is 0 Å². The van der Waals surface area contributed by atoms with E-state index in [4.69, 9.17) is 0 Å². The number of carbonyl (C=O) groups excluding carboxylic acids is 1. The molecule has 0 saturated heterocycles. The third-order valence-corrected chi connectivity index (χ3v) is 4.60. The lowest BCUT2D eigenvalue weighted by molar-refractivity contribution is -0.130. The van der Waals surface area contributed by atoms with Crippen molar-refractivity contribution < 1.29 is 4.79 Å². The number of likely N-dealkylation sites (N-methyl/N-ethyl adjacent to an activating group) is 1. The Morgan fingerprint density at radius 2 is 1.74 bits per heavy atom. The van der Waals surface area contributed by atoms with Gasteiger partial charge in [0, 0.05) is 30.7 Å². The van der Waals surface area contributed by atoms with Crippen molar-refractivity contribution >= 4 is 11.5 Å². The molecule has 1 heterocycles. The summed E-state index contributed by atoms with van der Waals surface area (Å²) in [4.78, 5) is 17.6. The Morgan fingerprint density at radius 1 is 1.13 bits per heavy atom. The van der Waals surface area contributed by atoms with Crippen LogP contribution >= 0.6 is 0 Å². The van der Waals surface area contributed by atoms with Crippen LogP contribution in [0.15, 0.2) is 35.9 Å². The van der Waals surface area contributed by atoms with Gasteiger partial charge in [-0.3, -0.25) is 9.69 Å². The van der Waals surface area contributed by atoms with Gasteiger partial charge in [-0.25, -0.2) is 0 Å². The van der Waals surface area contributed by atoms with Crippen LogP contribution in [0.4, 0.5) is 0 Å². The maximum absolute atomic E-state index is 13.3. The fourth-order valence-corrected chi connectivity index (χ4v) is 3.46. The van der Waals surface area contributed by atoms with Crippen molar-refractivity contribution in [1.82, 2.24) is 9.80 Å². The van der Waals surface area contributed by atoms with E-state index in [9.17, 15) is 4.79 Å². The molecule has 0 aliphatic carbocycles. The van der Waals surface area contributed by atoms with Gasteiger partial charge in [0.05, 0.1) is 0 Å². The van der Waals surface area contributed by atoms with E-state index >= 15 is 0 Å². The standard InChI is InChI=1S/C20H30N2O/c1-6-21-13-12-18(17-10-8-7-9-11-17)19(14-21)20(23)22(15(2)3)16(4)5/h7-11,15-16H,6,12-14H2,1-5H3. The first kappa shape index (κ1) is 17.7. The molecule has 1 aromatic rings. The highest BCUT2D eigenvalue weighted by molar-refractivity contribution is 6.02. The average Bonchev–Trinajstić information content (AvgIpc) is 2.54. The quantitative estimate of drug-likeness (QED) is 0.825. The molecule has 0 saturated carbocycles. The molecule has 0 atom stereocenters. The van der Waals surface area contributed by atoms with Crippen LogP contribution in [-0.2, 0) is 4.79 Å². The number of amides is 1. The summed E-state index contributed by atoms with van der Waals surface area (Å²) in [7, 11) is 0. The summed E-state index contributed by atoms with van der Waals surface area (Å²) in [5.41, 5.74) is 3.40. The second-order valence-corrected chi connectivity index (χ2v) is 6.84. The minimum atomic E-state index is 0.201. The van der Waals surface area contributed by atoms with Crippen molar-refractivity contribution in [3.63, 3.8) is 0 Å². The lowest BCUT2D eigenvalue weighted by Gasteiger charge is -2.36. The second kappa shape index (κ2) is 7.78. The Balaban J connectivity index is 2.45. The predicted octanol–water partition coefficient (Wildman–Crippen LogP) is 3.81. The fraction of sp³-hybridized carbons (Fsp3) is 0.550. The van der Waals surface area contributed by atoms with Gasteiger partial charge in [-0.2, -0.15) is 0 Å². The summed E-state index contributed by atoms with van der Waals surface area (Å²) in [6, 6.07) is 10.8. The molecule has 1 amide bonds. The fourth-order valence-electron chi connectivity index (χ4n) is 3.46. The van der Waals surface area contributed by atoms with Gasteiger partial charge in [0.15, 0.2) is 0 Å². The molecule has 0 bridgehead atoms. The third kappa shape index (κ3) is 4.03. The van der Waals surface area contributed by atoms with Gasteiger partial charge < -0.3 is 4.90 Å². The first-order valence-corrected chi connectivity index (χ1v) is 8.78. The Labute approximate surface area is 141 Å². The van der Waals surface area contributed by atoms with E-state index < -0.39 is 0 Å². The predicted molar refractivity (Wildman–Crippen MR) is 97.2 cm³/mol. The Kier molecular flexibility index (Phi) is 6.00. The van der Waals surface area contributed by atoms with Crippen LogP contribution in [0.5, 0.6) is 0 Å². The minimum Gasteiger partial charge on any atom is -0.334 e.